The number of aryl methyl sites for hydroxylation is 1. The SMILES string of the molecule is CCOP(=O)(OCC)C(=COS(=O)(=O)c1ccc(C)cc1)CC. The van der Waals surface area contributed by atoms with E-state index in [1.165, 1.54) is 12.1 Å². The van der Waals surface area contributed by atoms with Gasteiger partial charge in [0.15, 0.2) is 0 Å². The van der Waals surface area contributed by atoms with Gasteiger partial charge in [-0.2, -0.15) is 8.42 Å². The van der Waals surface area contributed by atoms with E-state index in [2.05, 4.69) is 0 Å². The molecule has 8 heteroatoms. The molecule has 0 atom stereocenters. The van der Waals surface area contributed by atoms with Gasteiger partial charge in [-0.3, -0.25) is 4.57 Å². The summed E-state index contributed by atoms with van der Waals surface area (Å²) in [6.45, 7) is 7.30. The van der Waals surface area contributed by atoms with Crippen LogP contribution in [0.25, 0.3) is 0 Å². The molecule has 0 bridgehead atoms. The van der Waals surface area contributed by atoms with Crippen molar-refractivity contribution in [3.05, 3.63) is 41.4 Å². The maximum atomic E-state index is 12.7. The molecule has 0 N–H and O–H groups in total. The van der Waals surface area contributed by atoms with Crippen molar-refractivity contribution in [2.75, 3.05) is 13.2 Å². The van der Waals surface area contributed by atoms with Crippen molar-refractivity contribution in [1.82, 2.24) is 0 Å². The monoisotopic (exact) mass is 362 g/mol. The van der Waals surface area contributed by atoms with Crippen LogP contribution in [-0.2, 0) is 27.9 Å². The minimum atomic E-state index is -3.98. The molecule has 0 aliphatic heterocycles. The topological polar surface area (TPSA) is 78.9 Å². The van der Waals surface area contributed by atoms with Crippen molar-refractivity contribution in [3.63, 3.8) is 0 Å². The summed E-state index contributed by atoms with van der Waals surface area (Å²) in [5, 5.41) is 0.178. The Kier molecular flexibility index (Phi) is 7.48. The minimum Gasteiger partial charge on any atom is -0.386 e. The third kappa shape index (κ3) is 5.46. The summed E-state index contributed by atoms with van der Waals surface area (Å²) in [6.07, 6.45) is 1.24. The molecule has 0 radical (unpaired) electrons. The lowest BCUT2D eigenvalue weighted by atomic mass is 10.2. The predicted octanol–water partition coefficient (Wildman–Crippen LogP) is 4.22. The van der Waals surface area contributed by atoms with E-state index in [-0.39, 0.29) is 29.8 Å². The molecule has 130 valence electrons. The van der Waals surface area contributed by atoms with Crippen LogP contribution in [0.3, 0.4) is 0 Å². The molecule has 0 aliphatic rings. The predicted molar refractivity (Wildman–Crippen MR) is 88.7 cm³/mol. The third-order valence-electron chi connectivity index (χ3n) is 2.93. The molecule has 0 saturated carbocycles. The van der Waals surface area contributed by atoms with Gasteiger partial charge in [0, 0.05) is 0 Å². The zero-order valence-electron chi connectivity index (χ0n) is 13.8. The Bertz CT molecular complexity index is 668. The Morgan fingerprint density at radius 3 is 2.04 bits per heavy atom. The van der Waals surface area contributed by atoms with Crippen LogP contribution in [0.1, 0.15) is 32.8 Å². The van der Waals surface area contributed by atoms with Crippen LogP contribution in [0.15, 0.2) is 40.7 Å². The molecule has 0 heterocycles. The number of benzene rings is 1. The molecule has 0 aliphatic carbocycles. The van der Waals surface area contributed by atoms with Crippen molar-refractivity contribution < 1.29 is 26.2 Å². The maximum absolute atomic E-state index is 12.7. The first kappa shape index (κ1) is 19.9. The summed E-state index contributed by atoms with van der Waals surface area (Å²) in [5.74, 6) is 0. The largest absolute Gasteiger partial charge is 0.386 e. The maximum Gasteiger partial charge on any atom is 0.360 e. The molecular weight excluding hydrogens is 339 g/mol. The summed E-state index contributed by atoms with van der Waals surface area (Å²) >= 11 is 0. The number of hydrogen-bond acceptors (Lipinski definition) is 6. The van der Waals surface area contributed by atoms with Gasteiger partial charge in [-0.1, -0.05) is 24.6 Å². The van der Waals surface area contributed by atoms with E-state index in [1.54, 1.807) is 32.9 Å². The molecule has 1 rings (SSSR count). The Morgan fingerprint density at radius 1 is 1.09 bits per heavy atom. The first-order chi connectivity index (χ1) is 10.8. The summed E-state index contributed by atoms with van der Waals surface area (Å²) in [5.41, 5.74) is 0.936. The van der Waals surface area contributed by atoms with Gasteiger partial charge in [-0.15, -0.1) is 0 Å². The first-order valence-corrected chi connectivity index (χ1v) is 10.3. The normalized spacial score (nSPS) is 13.1. The molecule has 0 aromatic heterocycles. The lowest BCUT2D eigenvalue weighted by molar-refractivity contribution is 0.225. The van der Waals surface area contributed by atoms with Gasteiger partial charge in [0.2, 0.25) is 0 Å². The van der Waals surface area contributed by atoms with Gasteiger partial charge in [-0.05, 0) is 39.3 Å². The minimum absolute atomic E-state index is 0.0254. The summed E-state index contributed by atoms with van der Waals surface area (Å²) < 4.78 is 52.3. The zero-order valence-corrected chi connectivity index (χ0v) is 15.5. The van der Waals surface area contributed by atoms with Crippen LogP contribution in [0.4, 0.5) is 0 Å². The van der Waals surface area contributed by atoms with Crippen molar-refractivity contribution in [2.45, 2.75) is 39.0 Å². The van der Waals surface area contributed by atoms with Crippen LogP contribution in [0.5, 0.6) is 0 Å². The van der Waals surface area contributed by atoms with E-state index in [0.29, 0.717) is 0 Å². The number of allylic oxidation sites excluding steroid dienone is 1. The van der Waals surface area contributed by atoms with Crippen LogP contribution < -0.4 is 0 Å². The van der Waals surface area contributed by atoms with Gasteiger partial charge < -0.3 is 13.2 Å². The van der Waals surface area contributed by atoms with Crippen molar-refractivity contribution in [2.24, 2.45) is 0 Å². The molecule has 0 amide bonds. The van der Waals surface area contributed by atoms with E-state index in [0.717, 1.165) is 11.8 Å². The molecule has 1 aromatic rings. The Labute approximate surface area is 138 Å². The number of hydrogen-bond donors (Lipinski definition) is 0. The van der Waals surface area contributed by atoms with Crippen LogP contribution in [-0.4, -0.2) is 21.6 Å². The lowest BCUT2D eigenvalue weighted by Crippen LogP contribution is -2.04. The van der Waals surface area contributed by atoms with E-state index in [4.69, 9.17) is 13.2 Å². The summed E-state index contributed by atoms with van der Waals surface area (Å²) in [6, 6.07) is 6.25. The Morgan fingerprint density at radius 2 is 1.61 bits per heavy atom. The Balaban J connectivity index is 3.06. The molecule has 0 saturated heterocycles. The van der Waals surface area contributed by atoms with Crippen molar-refractivity contribution in [1.29, 1.82) is 0 Å². The van der Waals surface area contributed by atoms with Gasteiger partial charge >= 0.3 is 17.7 Å². The smallest absolute Gasteiger partial charge is 0.360 e. The second-order valence-electron chi connectivity index (χ2n) is 4.66. The molecule has 0 unspecified atom stereocenters. The fraction of sp³-hybridized carbons (Fsp3) is 0.467. The lowest BCUT2D eigenvalue weighted by Gasteiger charge is -2.18. The molecular formula is C15H23O6PS. The molecule has 1 aromatic carbocycles. The fourth-order valence-electron chi connectivity index (χ4n) is 1.76. The van der Waals surface area contributed by atoms with Crippen LogP contribution in [0, 0.1) is 6.92 Å². The van der Waals surface area contributed by atoms with Gasteiger partial charge in [0.1, 0.15) is 11.2 Å². The average molecular weight is 362 g/mol. The van der Waals surface area contributed by atoms with Crippen molar-refractivity contribution in [3.8, 4) is 0 Å². The fourth-order valence-corrected chi connectivity index (χ4v) is 4.31. The summed E-state index contributed by atoms with van der Waals surface area (Å²) in [7, 11) is -7.52. The average Bonchev–Trinajstić information content (AvgIpc) is 2.48. The van der Waals surface area contributed by atoms with Crippen LogP contribution >= 0.6 is 7.60 Å². The summed E-state index contributed by atoms with van der Waals surface area (Å²) in [4.78, 5) is 0.0254. The zero-order chi connectivity index (χ0) is 17.5. The van der Waals surface area contributed by atoms with E-state index in [9.17, 15) is 13.0 Å². The highest BCUT2D eigenvalue weighted by atomic mass is 32.2. The molecule has 0 fully saturated rings. The van der Waals surface area contributed by atoms with Gasteiger partial charge in [0.25, 0.3) is 0 Å². The first-order valence-electron chi connectivity index (χ1n) is 7.37. The van der Waals surface area contributed by atoms with Gasteiger partial charge in [-0.25, -0.2) is 0 Å². The van der Waals surface area contributed by atoms with Crippen LogP contribution in [0.2, 0.25) is 0 Å². The van der Waals surface area contributed by atoms with Gasteiger partial charge in [0.05, 0.1) is 18.5 Å². The number of rotatable bonds is 9. The van der Waals surface area contributed by atoms with E-state index in [1.807, 2.05) is 6.92 Å². The highest BCUT2D eigenvalue weighted by Crippen LogP contribution is 2.57. The molecule has 0 spiro atoms. The highest BCUT2D eigenvalue weighted by molar-refractivity contribution is 7.86. The Hall–Kier alpha value is -1.14. The molecule has 23 heavy (non-hydrogen) atoms. The van der Waals surface area contributed by atoms with E-state index < -0.39 is 17.7 Å². The van der Waals surface area contributed by atoms with E-state index >= 15 is 0 Å². The second kappa shape index (κ2) is 8.64. The quantitative estimate of drug-likeness (QED) is 0.372. The second-order valence-corrected chi connectivity index (χ2v) is 8.32. The standard InChI is InChI=1S/C15H23O6PS/c1-5-14(22(16,19-6-2)20-7-3)12-21-23(17,18)15-10-8-13(4)9-11-15/h8-12H,5-7H2,1-4H3. The highest BCUT2D eigenvalue weighted by Gasteiger charge is 2.29. The third-order valence-corrected chi connectivity index (χ3v) is 6.45. The van der Waals surface area contributed by atoms with Crippen molar-refractivity contribution >= 4 is 17.7 Å². The molecule has 6 nitrogen and oxygen atoms in total.